The number of hydrogen-bond acceptors (Lipinski definition) is 3. The second-order valence-electron chi connectivity index (χ2n) is 4.78. The maximum atomic E-state index is 13.5. The molecule has 2 rings (SSSR count). The first-order valence-electron chi connectivity index (χ1n) is 6.32. The Hall–Kier alpha value is -2.50. The maximum Gasteiger partial charge on any atom is 0.272 e. The first-order chi connectivity index (χ1) is 9.90. The van der Waals surface area contributed by atoms with Crippen LogP contribution in [0.3, 0.4) is 0 Å². The molecule has 0 saturated heterocycles. The Morgan fingerprint density at radius 3 is 2.57 bits per heavy atom. The minimum absolute atomic E-state index is 0.0370. The van der Waals surface area contributed by atoms with Gasteiger partial charge in [0.2, 0.25) is 0 Å². The number of aryl methyl sites for hydroxylation is 2. The number of nitrogens with one attached hydrogen (secondary N) is 1. The first-order valence-corrected chi connectivity index (χ1v) is 6.32. The zero-order valence-electron chi connectivity index (χ0n) is 11.6. The summed E-state index contributed by atoms with van der Waals surface area (Å²) in [4.78, 5) is 10.4. The van der Waals surface area contributed by atoms with Crippen LogP contribution in [0.2, 0.25) is 0 Å². The lowest BCUT2D eigenvalue weighted by atomic mass is 10.1. The number of halogens is 2. The number of nitro benzene ring substituents is 1. The zero-order valence-corrected chi connectivity index (χ0v) is 11.6. The Morgan fingerprint density at radius 2 is 1.90 bits per heavy atom. The lowest BCUT2D eigenvalue weighted by Crippen LogP contribution is -2.05. The molecule has 4 nitrogen and oxygen atoms in total. The summed E-state index contributed by atoms with van der Waals surface area (Å²) in [6, 6.07) is 7.06. The van der Waals surface area contributed by atoms with Gasteiger partial charge in [0.15, 0.2) is 11.6 Å². The molecular formula is C15H14F2N2O2. The van der Waals surface area contributed by atoms with E-state index in [1.54, 1.807) is 19.9 Å². The Bertz CT molecular complexity index is 702. The van der Waals surface area contributed by atoms with Crippen LogP contribution < -0.4 is 5.32 Å². The maximum absolute atomic E-state index is 13.5. The molecule has 0 aliphatic heterocycles. The van der Waals surface area contributed by atoms with Crippen LogP contribution in [0, 0.1) is 35.6 Å². The highest BCUT2D eigenvalue weighted by atomic mass is 19.2. The number of benzene rings is 2. The zero-order chi connectivity index (χ0) is 15.6. The minimum Gasteiger partial charge on any atom is -0.381 e. The van der Waals surface area contributed by atoms with Gasteiger partial charge in [0.25, 0.3) is 5.69 Å². The highest BCUT2D eigenvalue weighted by molar-refractivity contribution is 5.59. The van der Waals surface area contributed by atoms with Crippen LogP contribution in [0.1, 0.15) is 16.7 Å². The van der Waals surface area contributed by atoms with E-state index in [9.17, 15) is 18.9 Å². The highest BCUT2D eigenvalue weighted by Crippen LogP contribution is 2.26. The van der Waals surface area contributed by atoms with E-state index in [4.69, 9.17) is 0 Å². The van der Waals surface area contributed by atoms with Crippen LogP contribution in [0.25, 0.3) is 0 Å². The van der Waals surface area contributed by atoms with Gasteiger partial charge in [-0.05, 0) is 31.5 Å². The quantitative estimate of drug-likeness (QED) is 0.681. The van der Waals surface area contributed by atoms with Crippen molar-refractivity contribution in [3.8, 4) is 0 Å². The summed E-state index contributed by atoms with van der Waals surface area (Å²) in [6.45, 7) is 3.45. The van der Waals surface area contributed by atoms with Crippen molar-refractivity contribution in [3.05, 3.63) is 68.8 Å². The topological polar surface area (TPSA) is 55.2 Å². The van der Waals surface area contributed by atoms with Gasteiger partial charge in [-0.2, -0.15) is 0 Å². The molecule has 21 heavy (non-hydrogen) atoms. The third-order valence-corrected chi connectivity index (χ3v) is 3.24. The largest absolute Gasteiger partial charge is 0.381 e. The molecule has 0 fully saturated rings. The van der Waals surface area contributed by atoms with E-state index in [0.29, 0.717) is 16.8 Å². The Kier molecular flexibility index (Phi) is 4.16. The third-order valence-electron chi connectivity index (χ3n) is 3.24. The summed E-state index contributed by atoms with van der Waals surface area (Å²) < 4.78 is 26.7. The normalized spacial score (nSPS) is 10.5. The van der Waals surface area contributed by atoms with Crippen LogP contribution in [0.5, 0.6) is 0 Å². The average Bonchev–Trinajstić information content (AvgIpc) is 2.43. The second-order valence-corrected chi connectivity index (χ2v) is 4.78. The molecule has 0 bridgehead atoms. The van der Waals surface area contributed by atoms with E-state index < -0.39 is 16.6 Å². The standard InChI is InChI=1S/C15H14F2N2O2/c1-9-7-14(19(20)21)10(2)6-13(9)18-8-11-4-3-5-12(16)15(11)17/h3-7,18H,8H2,1-2H3. The molecule has 0 amide bonds. The van der Waals surface area contributed by atoms with E-state index in [0.717, 1.165) is 6.07 Å². The SMILES string of the molecule is Cc1cc([N+](=O)[O-])c(C)cc1NCc1cccc(F)c1F. The van der Waals surface area contributed by atoms with E-state index in [1.807, 2.05) is 0 Å². The molecular weight excluding hydrogens is 278 g/mol. The fourth-order valence-electron chi connectivity index (χ4n) is 2.06. The molecule has 1 N–H and O–H groups in total. The van der Waals surface area contributed by atoms with Gasteiger partial charge in [-0.25, -0.2) is 8.78 Å². The van der Waals surface area contributed by atoms with E-state index in [-0.39, 0.29) is 17.8 Å². The smallest absolute Gasteiger partial charge is 0.272 e. The summed E-state index contributed by atoms with van der Waals surface area (Å²) >= 11 is 0. The van der Waals surface area contributed by atoms with E-state index >= 15 is 0 Å². The van der Waals surface area contributed by atoms with Crippen molar-refractivity contribution < 1.29 is 13.7 Å². The molecule has 6 heteroatoms. The van der Waals surface area contributed by atoms with Crippen molar-refractivity contribution in [2.75, 3.05) is 5.32 Å². The van der Waals surface area contributed by atoms with Crippen molar-refractivity contribution in [2.24, 2.45) is 0 Å². The molecule has 0 aliphatic rings. The number of hydrogen-bond donors (Lipinski definition) is 1. The lowest BCUT2D eigenvalue weighted by Gasteiger charge is -2.11. The molecule has 110 valence electrons. The van der Waals surface area contributed by atoms with Gasteiger partial charge in [0.05, 0.1) is 4.92 Å². The summed E-state index contributed by atoms with van der Waals surface area (Å²) in [5.41, 5.74) is 2.07. The van der Waals surface area contributed by atoms with Crippen molar-refractivity contribution in [1.82, 2.24) is 0 Å². The van der Waals surface area contributed by atoms with Crippen LogP contribution in [0.4, 0.5) is 20.2 Å². The summed E-state index contributed by atoms with van der Waals surface area (Å²) in [5.74, 6) is -1.79. The Labute approximate surface area is 120 Å². The van der Waals surface area contributed by atoms with Gasteiger partial charge < -0.3 is 5.32 Å². The fraction of sp³-hybridized carbons (Fsp3) is 0.200. The van der Waals surface area contributed by atoms with Crippen LogP contribution in [0.15, 0.2) is 30.3 Å². The predicted octanol–water partition coefficient (Wildman–Crippen LogP) is 4.10. The van der Waals surface area contributed by atoms with Crippen molar-refractivity contribution in [3.63, 3.8) is 0 Å². The Morgan fingerprint density at radius 1 is 1.19 bits per heavy atom. The molecule has 2 aromatic carbocycles. The lowest BCUT2D eigenvalue weighted by molar-refractivity contribution is -0.385. The predicted molar refractivity (Wildman–Crippen MR) is 76.3 cm³/mol. The van der Waals surface area contributed by atoms with Gasteiger partial charge >= 0.3 is 0 Å². The van der Waals surface area contributed by atoms with Gasteiger partial charge in [0, 0.05) is 29.4 Å². The summed E-state index contributed by atoms with van der Waals surface area (Å²) in [7, 11) is 0. The van der Waals surface area contributed by atoms with Crippen molar-refractivity contribution in [2.45, 2.75) is 20.4 Å². The number of nitro groups is 1. The van der Waals surface area contributed by atoms with Crippen molar-refractivity contribution in [1.29, 1.82) is 0 Å². The summed E-state index contributed by atoms with van der Waals surface area (Å²) in [5, 5.41) is 13.8. The molecule has 2 aromatic rings. The summed E-state index contributed by atoms with van der Waals surface area (Å²) in [6.07, 6.45) is 0. The molecule has 0 radical (unpaired) electrons. The van der Waals surface area contributed by atoms with Gasteiger partial charge in [0.1, 0.15) is 0 Å². The van der Waals surface area contributed by atoms with Crippen molar-refractivity contribution >= 4 is 11.4 Å². The second kappa shape index (κ2) is 5.87. The van der Waals surface area contributed by atoms with Gasteiger partial charge in [-0.3, -0.25) is 10.1 Å². The van der Waals surface area contributed by atoms with Crippen LogP contribution in [-0.2, 0) is 6.54 Å². The highest BCUT2D eigenvalue weighted by Gasteiger charge is 2.14. The molecule has 0 heterocycles. The molecule has 0 spiro atoms. The van der Waals surface area contributed by atoms with Gasteiger partial charge in [-0.1, -0.05) is 12.1 Å². The number of rotatable bonds is 4. The van der Waals surface area contributed by atoms with Crippen LogP contribution in [-0.4, -0.2) is 4.92 Å². The van der Waals surface area contributed by atoms with Crippen LogP contribution >= 0.6 is 0 Å². The number of anilines is 1. The molecule has 0 aliphatic carbocycles. The number of nitrogens with zero attached hydrogens (tertiary/aromatic N) is 1. The Balaban J connectivity index is 2.23. The first kappa shape index (κ1) is 14.9. The van der Waals surface area contributed by atoms with E-state index in [2.05, 4.69) is 5.32 Å². The molecule has 0 aromatic heterocycles. The molecule has 0 unspecified atom stereocenters. The molecule has 0 saturated carbocycles. The van der Waals surface area contributed by atoms with E-state index in [1.165, 1.54) is 18.2 Å². The average molecular weight is 292 g/mol. The minimum atomic E-state index is -0.897. The molecule has 0 atom stereocenters. The van der Waals surface area contributed by atoms with Gasteiger partial charge in [-0.15, -0.1) is 0 Å². The monoisotopic (exact) mass is 292 g/mol. The third kappa shape index (κ3) is 3.16. The fourth-order valence-corrected chi connectivity index (χ4v) is 2.06.